The fourth-order valence-electron chi connectivity index (χ4n) is 3.07. The van der Waals surface area contributed by atoms with Gasteiger partial charge in [0.1, 0.15) is 0 Å². The van der Waals surface area contributed by atoms with Crippen LogP contribution in [0.1, 0.15) is 44.9 Å². The summed E-state index contributed by atoms with van der Waals surface area (Å²) in [4.78, 5) is 23.2. The number of carboxylic acid groups (broad SMARTS) is 1. The molecule has 1 aromatic rings. The molecule has 1 fully saturated rings. The van der Waals surface area contributed by atoms with Gasteiger partial charge in [-0.3, -0.25) is 14.3 Å². The van der Waals surface area contributed by atoms with Gasteiger partial charge < -0.3 is 10.4 Å². The number of amides is 1. The molecule has 0 spiro atoms. The molecule has 1 amide bonds. The molecule has 0 aliphatic heterocycles. The quantitative estimate of drug-likeness (QED) is 0.865. The zero-order valence-electron chi connectivity index (χ0n) is 11.8. The van der Waals surface area contributed by atoms with E-state index in [1.165, 1.54) is 0 Å². The molecule has 2 N–H and O–H groups in total. The summed E-state index contributed by atoms with van der Waals surface area (Å²) in [5.74, 6) is -0.942. The van der Waals surface area contributed by atoms with Gasteiger partial charge in [0, 0.05) is 19.7 Å². The van der Waals surface area contributed by atoms with E-state index in [-0.39, 0.29) is 24.2 Å². The average Bonchev–Trinajstić information content (AvgIpc) is 2.74. The Morgan fingerprint density at radius 3 is 2.60 bits per heavy atom. The van der Waals surface area contributed by atoms with Gasteiger partial charge in [-0.25, -0.2) is 0 Å². The van der Waals surface area contributed by atoms with Gasteiger partial charge in [0.25, 0.3) is 0 Å². The Labute approximate surface area is 118 Å². The zero-order chi connectivity index (χ0) is 14.6. The number of carbonyl (C=O) groups excluding carboxylic acids is 1. The highest BCUT2D eigenvalue weighted by Gasteiger charge is 2.36. The second kappa shape index (κ2) is 6.07. The molecule has 0 unspecified atom stereocenters. The summed E-state index contributed by atoms with van der Waals surface area (Å²) < 4.78 is 1.61. The fourth-order valence-corrected chi connectivity index (χ4v) is 3.07. The van der Waals surface area contributed by atoms with Crippen molar-refractivity contribution in [1.82, 2.24) is 9.78 Å². The third-order valence-electron chi connectivity index (χ3n) is 3.96. The van der Waals surface area contributed by atoms with Crippen molar-refractivity contribution in [2.24, 2.45) is 12.5 Å². The van der Waals surface area contributed by atoms with Crippen LogP contribution in [0, 0.1) is 5.41 Å². The molecule has 1 aliphatic rings. The molecule has 110 valence electrons. The van der Waals surface area contributed by atoms with Crippen molar-refractivity contribution in [2.45, 2.75) is 44.9 Å². The van der Waals surface area contributed by atoms with E-state index < -0.39 is 5.97 Å². The lowest BCUT2D eigenvalue weighted by Gasteiger charge is -2.35. The van der Waals surface area contributed by atoms with Crippen molar-refractivity contribution in [3.8, 4) is 0 Å². The molecule has 20 heavy (non-hydrogen) atoms. The molecule has 1 saturated carbocycles. The maximum atomic E-state index is 12.1. The molecule has 1 aliphatic carbocycles. The Morgan fingerprint density at radius 2 is 2.05 bits per heavy atom. The monoisotopic (exact) mass is 279 g/mol. The van der Waals surface area contributed by atoms with E-state index in [1.807, 2.05) is 0 Å². The van der Waals surface area contributed by atoms with Crippen LogP contribution in [0.4, 0.5) is 5.69 Å². The number of anilines is 1. The highest BCUT2D eigenvalue weighted by molar-refractivity contribution is 5.91. The smallest absolute Gasteiger partial charge is 0.303 e. The Kier molecular flexibility index (Phi) is 4.42. The second-order valence-corrected chi connectivity index (χ2v) is 5.76. The van der Waals surface area contributed by atoms with Gasteiger partial charge in [0.2, 0.25) is 5.91 Å². The molecule has 0 aromatic carbocycles. The van der Waals surface area contributed by atoms with Gasteiger partial charge in [0.05, 0.1) is 18.3 Å². The third-order valence-corrected chi connectivity index (χ3v) is 3.96. The number of carboxylic acids is 1. The molecular weight excluding hydrogens is 258 g/mol. The Balaban J connectivity index is 1.99. The number of rotatable bonds is 5. The number of aliphatic carboxylic acids is 1. The van der Waals surface area contributed by atoms with E-state index in [9.17, 15) is 9.59 Å². The molecule has 6 nitrogen and oxygen atoms in total. The van der Waals surface area contributed by atoms with Crippen molar-refractivity contribution in [1.29, 1.82) is 0 Å². The standard InChI is InChI=1S/C14H21N3O3/c1-17-10-11(9-15-17)16-12(18)7-14(8-13(19)20)5-3-2-4-6-14/h9-10H,2-8H2,1H3,(H,16,18)(H,19,20). The maximum Gasteiger partial charge on any atom is 0.303 e. The van der Waals surface area contributed by atoms with Gasteiger partial charge in [-0.2, -0.15) is 5.10 Å². The van der Waals surface area contributed by atoms with E-state index >= 15 is 0 Å². The number of hydrogen-bond donors (Lipinski definition) is 2. The van der Waals surface area contributed by atoms with Crippen LogP contribution in [-0.2, 0) is 16.6 Å². The summed E-state index contributed by atoms with van der Waals surface area (Å²) in [5.41, 5.74) is 0.273. The molecule has 2 rings (SSSR count). The first-order valence-corrected chi connectivity index (χ1v) is 6.99. The summed E-state index contributed by atoms with van der Waals surface area (Å²) in [6.45, 7) is 0. The summed E-state index contributed by atoms with van der Waals surface area (Å²) in [6, 6.07) is 0. The predicted molar refractivity (Wildman–Crippen MR) is 74.2 cm³/mol. The minimum absolute atomic E-state index is 0.0768. The van der Waals surface area contributed by atoms with E-state index in [1.54, 1.807) is 24.1 Å². The van der Waals surface area contributed by atoms with Crippen molar-refractivity contribution in [3.05, 3.63) is 12.4 Å². The number of aromatic nitrogens is 2. The predicted octanol–water partition coefficient (Wildman–Crippen LogP) is 2.17. The first kappa shape index (κ1) is 14.6. The van der Waals surface area contributed by atoms with Crippen molar-refractivity contribution in [3.63, 3.8) is 0 Å². The van der Waals surface area contributed by atoms with Crippen molar-refractivity contribution < 1.29 is 14.7 Å². The van der Waals surface area contributed by atoms with Gasteiger partial charge in [0.15, 0.2) is 0 Å². The number of aryl methyl sites for hydroxylation is 1. The molecule has 1 heterocycles. The lowest BCUT2D eigenvalue weighted by molar-refractivity contribution is -0.140. The number of nitrogens with zero attached hydrogens (tertiary/aromatic N) is 2. The Hall–Kier alpha value is -1.85. The van der Waals surface area contributed by atoms with Crippen LogP contribution in [0.3, 0.4) is 0 Å². The average molecular weight is 279 g/mol. The highest BCUT2D eigenvalue weighted by Crippen LogP contribution is 2.42. The third kappa shape index (κ3) is 3.82. The van der Waals surface area contributed by atoms with E-state index in [0.29, 0.717) is 5.69 Å². The normalized spacial score (nSPS) is 17.6. The fraction of sp³-hybridized carbons (Fsp3) is 0.643. The minimum atomic E-state index is -0.818. The molecule has 1 aromatic heterocycles. The number of hydrogen-bond acceptors (Lipinski definition) is 3. The summed E-state index contributed by atoms with van der Waals surface area (Å²) in [7, 11) is 1.78. The van der Waals surface area contributed by atoms with Crippen LogP contribution in [0.5, 0.6) is 0 Å². The van der Waals surface area contributed by atoms with Crippen LogP contribution in [0.25, 0.3) is 0 Å². The molecule has 0 bridgehead atoms. The highest BCUT2D eigenvalue weighted by atomic mass is 16.4. The molecule has 0 radical (unpaired) electrons. The zero-order valence-corrected chi connectivity index (χ0v) is 11.8. The van der Waals surface area contributed by atoms with E-state index in [0.717, 1.165) is 32.1 Å². The lowest BCUT2D eigenvalue weighted by Crippen LogP contribution is -2.32. The van der Waals surface area contributed by atoms with Crippen LogP contribution in [0.15, 0.2) is 12.4 Å². The van der Waals surface area contributed by atoms with Gasteiger partial charge in [-0.1, -0.05) is 19.3 Å². The summed E-state index contributed by atoms with van der Waals surface area (Å²) in [5, 5.41) is 15.9. The molecule has 0 atom stereocenters. The maximum absolute atomic E-state index is 12.1. The molecule has 6 heteroatoms. The Morgan fingerprint density at radius 1 is 1.35 bits per heavy atom. The summed E-state index contributed by atoms with van der Waals surface area (Å²) in [6.07, 6.45) is 8.44. The van der Waals surface area contributed by atoms with Crippen LogP contribution in [-0.4, -0.2) is 26.8 Å². The van der Waals surface area contributed by atoms with Crippen LogP contribution in [0.2, 0.25) is 0 Å². The van der Waals surface area contributed by atoms with Crippen molar-refractivity contribution in [2.75, 3.05) is 5.32 Å². The second-order valence-electron chi connectivity index (χ2n) is 5.76. The van der Waals surface area contributed by atoms with Gasteiger partial charge >= 0.3 is 5.97 Å². The molecule has 0 saturated heterocycles. The first-order chi connectivity index (χ1) is 9.49. The number of nitrogens with one attached hydrogen (secondary N) is 1. The topological polar surface area (TPSA) is 84.2 Å². The SMILES string of the molecule is Cn1cc(NC(=O)CC2(CC(=O)O)CCCCC2)cn1. The van der Waals surface area contributed by atoms with E-state index in [4.69, 9.17) is 5.11 Å². The lowest BCUT2D eigenvalue weighted by atomic mass is 9.69. The van der Waals surface area contributed by atoms with Gasteiger partial charge in [-0.15, -0.1) is 0 Å². The van der Waals surface area contributed by atoms with E-state index in [2.05, 4.69) is 10.4 Å². The van der Waals surface area contributed by atoms with Gasteiger partial charge in [-0.05, 0) is 18.3 Å². The molecular formula is C14H21N3O3. The van der Waals surface area contributed by atoms with Crippen LogP contribution >= 0.6 is 0 Å². The number of carbonyl (C=O) groups is 2. The van der Waals surface area contributed by atoms with Crippen LogP contribution < -0.4 is 5.32 Å². The Bertz CT molecular complexity index is 490. The first-order valence-electron chi connectivity index (χ1n) is 6.99. The minimum Gasteiger partial charge on any atom is -0.481 e. The van der Waals surface area contributed by atoms with Crippen molar-refractivity contribution >= 4 is 17.6 Å². The largest absolute Gasteiger partial charge is 0.481 e. The summed E-state index contributed by atoms with van der Waals surface area (Å²) >= 11 is 0.